The van der Waals surface area contributed by atoms with E-state index >= 15 is 0 Å². The van der Waals surface area contributed by atoms with Crippen molar-refractivity contribution < 1.29 is 14.3 Å². The quantitative estimate of drug-likeness (QED) is 0.619. The third-order valence-corrected chi connectivity index (χ3v) is 4.98. The van der Waals surface area contributed by atoms with E-state index in [9.17, 15) is 9.59 Å². The van der Waals surface area contributed by atoms with Gasteiger partial charge < -0.3 is 15.0 Å². The van der Waals surface area contributed by atoms with Gasteiger partial charge in [0.1, 0.15) is 11.8 Å². The Morgan fingerprint density at radius 2 is 1.66 bits per heavy atom. The Labute approximate surface area is 181 Å². The minimum atomic E-state index is -0.643. The van der Waals surface area contributed by atoms with Crippen molar-refractivity contribution in [3.05, 3.63) is 64.1 Å². The zero-order valence-electron chi connectivity index (χ0n) is 16.8. The molecule has 0 aromatic heterocycles. The van der Waals surface area contributed by atoms with E-state index in [0.29, 0.717) is 22.2 Å². The number of hydrogen-bond acceptors (Lipinski definition) is 3. The minimum Gasteiger partial charge on any atom is -0.482 e. The Morgan fingerprint density at radius 1 is 1.03 bits per heavy atom. The maximum atomic E-state index is 13.1. The normalized spacial score (nSPS) is 11.8. The van der Waals surface area contributed by atoms with Gasteiger partial charge in [-0.2, -0.15) is 0 Å². The van der Waals surface area contributed by atoms with E-state index in [1.807, 2.05) is 39.0 Å². The molecule has 0 aliphatic carbocycles. The molecule has 7 heteroatoms. The van der Waals surface area contributed by atoms with Gasteiger partial charge in [-0.3, -0.25) is 9.59 Å². The summed E-state index contributed by atoms with van der Waals surface area (Å²) in [6.45, 7) is 5.59. The molecule has 0 radical (unpaired) electrons. The van der Waals surface area contributed by atoms with Crippen LogP contribution in [-0.2, 0) is 16.1 Å². The first-order valence-electron chi connectivity index (χ1n) is 9.54. The van der Waals surface area contributed by atoms with Crippen LogP contribution in [0, 0.1) is 0 Å². The van der Waals surface area contributed by atoms with Crippen LogP contribution < -0.4 is 10.1 Å². The molecule has 1 N–H and O–H groups in total. The fraction of sp³-hybridized carbons (Fsp3) is 0.364. The highest BCUT2D eigenvalue weighted by Crippen LogP contribution is 2.24. The van der Waals surface area contributed by atoms with Crippen LogP contribution in [-0.4, -0.2) is 35.4 Å². The van der Waals surface area contributed by atoms with Crippen LogP contribution in [0.5, 0.6) is 5.75 Å². The lowest BCUT2D eigenvalue weighted by Gasteiger charge is -2.31. The Morgan fingerprint density at radius 3 is 2.24 bits per heavy atom. The summed E-state index contributed by atoms with van der Waals surface area (Å²) in [5.74, 6) is -0.115. The first-order chi connectivity index (χ1) is 13.8. The van der Waals surface area contributed by atoms with Crippen molar-refractivity contribution in [1.82, 2.24) is 10.2 Å². The molecule has 156 valence electrons. The average Bonchev–Trinajstić information content (AvgIpc) is 2.68. The number of carbonyl (C=O) groups excluding carboxylic acids is 2. The van der Waals surface area contributed by atoms with Crippen LogP contribution in [0.2, 0.25) is 10.0 Å². The summed E-state index contributed by atoms with van der Waals surface area (Å²) in [5, 5.41) is 3.84. The van der Waals surface area contributed by atoms with Crippen LogP contribution in [0.3, 0.4) is 0 Å². The van der Waals surface area contributed by atoms with Crippen LogP contribution in [0.4, 0.5) is 0 Å². The standard InChI is InChI=1S/C22H26Cl2N2O3/c1-4-19(22(28)25-15(2)3)26(13-16-9-5-6-10-17(16)23)21(27)14-29-20-12-8-7-11-18(20)24/h5-12,15,19H,4,13-14H2,1-3H3,(H,25,28)/t19-/m0/s1. The average molecular weight is 437 g/mol. The Balaban J connectivity index is 2.24. The second-order valence-electron chi connectivity index (χ2n) is 6.92. The summed E-state index contributed by atoms with van der Waals surface area (Å²) in [5.41, 5.74) is 0.760. The zero-order chi connectivity index (χ0) is 21.4. The zero-order valence-corrected chi connectivity index (χ0v) is 18.3. The molecule has 0 spiro atoms. The van der Waals surface area contributed by atoms with E-state index in [1.54, 1.807) is 30.3 Å². The fourth-order valence-electron chi connectivity index (χ4n) is 2.89. The summed E-state index contributed by atoms with van der Waals surface area (Å²) >= 11 is 12.4. The molecule has 0 saturated carbocycles. The largest absolute Gasteiger partial charge is 0.482 e. The van der Waals surface area contributed by atoms with Gasteiger partial charge in [-0.05, 0) is 44.0 Å². The van der Waals surface area contributed by atoms with E-state index in [-0.39, 0.29) is 31.0 Å². The molecule has 2 aromatic carbocycles. The highest BCUT2D eigenvalue weighted by molar-refractivity contribution is 6.32. The molecule has 0 aliphatic rings. The number of amides is 2. The predicted octanol–water partition coefficient (Wildman–Crippen LogP) is 4.70. The second-order valence-corrected chi connectivity index (χ2v) is 7.73. The van der Waals surface area contributed by atoms with E-state index in [0.717, 1.165) is 5.56 Å². The number of ether oxygens (including phenoxy) is 1. The topological polar surface area (TPSA) is 58.6 Å². The van der Waals surface area contributed by atoms with E-state index in [1.165, 1.54) is 4.90 Å². The summed E-state index contributed by atoms with van der Waals surface area (Å²) < 4.78 is 5.62. The van der Waals surface area contributed by atoms with Gasteiger partial charge in [0.15, 0.2) is 6.61 Å². The van der Waals surface area contributed by atoms with Gasteiger partial charge >= 0.3 is 0 Å². The first kappa shape index (κ1) is 23.0. The maximum absolute atomic E-state index is 13.1. The molecule has 5 nitrogen and oxygen atoms in total. The Bertz CT molecular complexity index is 842. The summed E-state index contributed by atoms with van der Waals surface area (Å²) in [6, 6.07) is 13.5. The number of nitrogens with zero attached hydrogens (tertiary/aromatic N) is 1. The molecular formula is C22H26Cl2N2O3. The lowest BCUT2D eigenvalue weighted by Crippen LogP contribution is -2.51. The van der Waals surface area contributed by atoms with Gasteiger partial charge in [-0.25, -0.2) is 0 Å². The van der Waals surface area contributed by atoms with Gasteiger partial charge in [0.2, 0.25) is 5.91 Å². The highest BCUT2D eigenvalue weighted by Gasteiger charge is 2.29. The number of para-hydroxylation sites is 1. The van der Waals surface area contributed by atoms with Crippen LogP contribution >= 0.6 is 23.2 Å². The fourth-order valence-corrected chi connectivity index (χ4v) is 3.28. The molecule has 0 bridgehead atoms. The Hall–Kier alpha value is -2.24. The number of carbonyl (C=O) groups is 2. The third-order valence-electron chi connectivity index (χ3n) is 4.30. The van der Waals surface area contributed by atoms with Crippen molar-refractivity contribution in [2.75, 3.05) is 6.61 Å². The van der Waals surface area contributed by atoms with Crippen molar-refractivity contribution >= 4 is 35.0 Å². The smallest absolute Gasteiger partial charge is 0.261 e. The van der Waals surface area contributed by atoms with E-state index in [4.69, 9.17) is 27.9 Å². The number of rotatable bonds is 9. The van der Waals surface area contributed by atoms with Crippen molar-refractivity contribution in [2.24, 2.45) is 0 Å². The molecule has 2 rings (SSSR count). The summed E-state index contributed by atoms with van der Waals surface area (Å²) in [6.07, 6.45) is 0.459. The monoisotopic (exact) mass is 436 g/mol. The van der Waals surface area contributed by atoms with Gasteiger partial charge in [-0.15, -0.1) is 0 Å². The summed E-state index contributed by atoms with van der Waals surface area (Å²) in [4.78, 5) is 27.3. The molecule has 0 aliphatic heterocycles. The van der Waals surface area contributed by atoms with Gasteiger partial charge in [0, 0.05) is 17.6 Å². The maximum Gasteiger partial charge on any atom is 0.261 e. The summed E-state index contributed by atoms with van der Waals surface area (Å²) in [7, 11) is 0. The van der Waals surface area contributed by atoms with E-state index < -0.39 is 6.04 Å². The van der Waals surface area contributed by atoms with Gasteiger partial charge in [0.05, 0.1) is 5.02 Å². The van der Waals surface area contributed by atoms with Crippen LogP contribution in [0.25, 0.3) is 0 Å². The number of nitrogens with one attached hydrogen (secondary N) is 1. The number of benzene rings is 2. The molecular weight excluding hydrogens is 411 g/mol. The Kier molecular flexibility index (Phi) is 8.80. The SMILES string of the molecule is CC[C@@H](C(=O)NC(C)C)N(Cc1ccccc1Cl)C(=O)COc1ccccc1Cl. The van der Waals surface area contributed by atoms with E-state index in [2.05, 4.69) is 5.32 Å². The number of halogens is 2. The molecule has 2 aromatic rings. The van der Waals surface area contributed by atoms with Crippen LogP contribution in [0.1, 0.15) is 32.8 Å². The molecule has 0 fully saturated rings. The minimum absolute atomic E-state index is 0.0341. The van der Waals surface area contributed by atoms with Crippen molar-refractivity contribution in [1.29, 1.82) is 0 Å². The number of hydrogen-bond donors (Lipinski definition) is 1. The predicted molar refractivity (Wildman–Crippen MR) is 116 cm³/mol. The molecule has 0 saturated heterocycles. The second kappa shape index (κ2) is 11.1. The van der Waals surface area contributed by atoms with Crippen LogP contribution in [0.15, 0.2) is 48.5 Å². The van der Waals surface area contributed by atoms with Gasteiger partial charge in [-0.1, -0.05) is 60.5 Å². The molecule has 2 amide bonds. The lowest BCUT2D eigenvalue weighted by atomic mass is 10.1. The molecule has 0 heterocycles. The molecule has 29 heavy (non-hydrogen) atoms. The lowest BCUT2D eigenvalue weighted by molar-refractivity contribution is -0.143. The van der Waals surface area contributed by atoms with Crippen molar-refractivity contribution in [3.8, 4) is 5.75 Å². The van der Waals surface area contributed by atoms with Crippen molar-refractivity contribution in [3.63, 3.8) is 0 Å². The third kappa shape index (κ3) is 6.65. The first-order valence-corrected chi connectivity index (χ1v) is 10.3. The van der Waals surface area contributed by atoms with Crippen molar-refractivity contribution in [2.45, 2.75) is 45.8 Å². The highest BCUT2D eigenvalue weighted by atomic mass is 35.5. The molecule has 0 unspecified atom stereocenters. The van der Waals surface area contributed by atoms with Gasteiger partial charge in [0.25, 0.3) is 5.91 Å². The molecule has 1 atom stereocenters.